The lowest BCUT2D eigenvalue weighted by Gasteiger charge is -2.13. The maximum Gasteiger partial charge on any atom is 0.405 e. The number of alkyl halides is 3. The molecule has 0 saturated heterocycles. The molecular formula is C10H14F3N3O. The van der Waals surface area contributed by atoms with E-state index in [0.717, 1.165) is 12.8 Å². The van der Waals surface area contributed by atoms with E-state index in [-0.39, 0.29) is 24.9 Å². The molecule has 0 aromatic carbocycles. The first-order valence-corrected chi connectivity index (χ1v) is 5.40. The van der Waals surface area contributed by atoms with Crippen LogP contribution in [-0.4, -0.2) is 31.7 Å². The van der Waals surface area contributed by atoms with Crippen LogP contribution in [-0.2, 0) is 4.79 Å². The molecule has 0 aromatic heterocycles. The quantitative estimate of drug-likeness (QED) is 0.684. The first-order chi connectivity index (χ1) is 7.95. The largest absolute Gasteiger partial charge is 0.405 e. The Hall–Kier alpha value is -1.29. The second-order valence-electron chi connectivity index (χ2n) is 3.99. The van der Waals surface area contributed by atoms with Gasteiger partial charge in [0.1, 0.15) is 0 Å². The highest BCUT2D eigenvalue weighted by Crippen LogP contribution is 2.28. The van der Waals surface area contributed by atoms with Crippen LogP contribution in [0.5, 0.6) is 0 Å². The predicted molar refractivity (Wildman–Crippen MR) is 53.8 cm³/mol. The van der Waals surface area contributed by atoms with E-state index in [1.54, 1.807) is 0 Å². The minimum Gasteiger partial charge on any atom is -0.355 e. The van der Waals surface area contributed by atoms with Gasteiger partial charge in [0.2, 0.25) is 5.91 Å². The third-order valence-electron chi connectivity index (χ3n) is 2.45. The van der Waals surface area contributed by atoms with Gasteiger partial charge in [-0.15, -0.1) is 0 Å². The Kier molecular flexibility index (Phi) is 4.75. The Morgan fingerprint density at radius 2 is 2.06 bits per heavy atom. The van der Waals surface area contributed by atoms with Crippen LogP contribution in [0.3, 0.4) is 0 Å². The Morgan fingerprint density at radius 1 is 1.41 bits per heavy atom. The van der Waals surface area contributed by atoms with E-state index in [9.17, 15) is 18.0 Å². The summed E-state index contributed by atoms with van der Waals surface area (Å²) in [5, 5.41) is 13.4. The monoisotopic (exact) mass is 249 g/mol. The van der Waals surface area contributed by atoms with Gasteiger partial charge in [0.05, 0.1) is 6.07 Å². The van der Waals surface area contributed by atoms with Crippen LogP contribution in [0.1, 0.15) is 12.8 Å². The molecule has 0 aromatic rings. The fourth-order valence-electron chi connectivity index (χ4n) is 1.24. The molecule has 1 fully saturated rings. The van der Waals surface area contributed by atoms with Gasteiger partial charge in [-0.3, -0.25) is 4.79 Å². The first-order valence-electron chi connectivity index (χ1n) is 5.40. The molecular weight excluding hydrogens is 235 g/mol. The van der Waals surface area contributed by atoms with Crippen molar-refractivity contribution in [2.45, 2.75) is 19.0 Å². The van der Waals surface area contributed by atoms with Crippen LogP contribution in [0.15, 0.2) is 0 Å². The van der Waals surface area contributed by atoms with Crippen molar-refractivity contribution < 1.29 is 18.0 Å². The minimum atomic E-state index is -4.50. The number of rotatable bonds is 6. The topological polar surface area (TPSA) is 64.9 Å². The average molecular weight is 249 g/mol. The predicted octanol–water partition coefficient (Wildman–Crippen LogP) is 0.804. The van der Waals surface area contributed by atoms with E-state index in [1.807, 2.05) is 0 Å². The lowest BCUT2D eigenvalue weighted by molar-refractivity contribution is -0.157. The third-order valence-corrected chi connectivity index (χ3v) is 2.45. The number of carbonyl (C=O) groups excluding carboxylic acids is 1. The summed E-state index contributed by atoms with van der Waals surface area (Å²) in [5.74, 6) is -1.95. The molecule has 0 aliphatic heterocycles. The smallest absolute Gasteiger partial charge is 0.355 e. The van der Waals surface area contributed by atoms with Crippen LogP contribution in [0.2, 0.25) is 0 Å². The number of carbonyl (C=O) groups is 1. The van der Waals surface area contributed by atoms with E-state index < -0.39 is 18.6 Å². The highest BCUT2D eigenvalue weighted by atomic mass is 19.4. The molecule has 1 rings (SSSR count). The molecule has 1 aliphatic rings. The Balaban J connectivity index is 2.06. The van der Waals surface area contributed by atoms with Crippen LogP contribution < -0.4 is 10.6 Å². The second kappa shape index (κ2) is 5.87. The van der Waals surface area contributed by atoms with Gasteiger partial charge in [0.15, 0.2) is 5.92 Å². The summed E-state index contributed by atoms with van der Waals surface area (Å²) in [6, 6.07) is 1.20. The zero-order valence-corrected chi connectivity index (χ0v) is 9.18. The summed E-state index contributed by atoms with van der Waals surface area (Å²) < 4.78 is 36.4. The molecule has 17 heavy (non-hydrogen) atoms. The van der Waals surface area contributed by atoms with Crippen molar-refractivity contribution in [3.05, 3.63) is 0 Å². The van der Waals surface area contributed by atoms with Gasteiger partial charge < -0.3 is 10.6 Å². The molecule has 1 atom stereocenters. The summed E-state index contributed by atoms with van der Waals surface area (Å²) in [4.78, 5) is 11.1. The first kappa shape index (κ1) is 13.8. The molecule has 1 aliphatic carbocycles. The van der Waals surface area contributed by atoms with E-state index >= 15 is 0 Å². The number of amides is 1. The molecule has 2 N–H and O–H groups in total. The van der Waals surface area contributed by atoms with Crippen LogP contribution in [0.25, 0.3) is 0 Å². The third kappa shape index (κ3) is 5.04. The lowest BCUT2D eigenvalue weighted by atomic mass is 10.1. The standard InChI is InChI=1S/C10H14F3N3O/c11-10(12,13)8(5-14)6-15-3-4-16-9(17)7-1-2-7/h7-8,15H,1-4,6H2,(H,16,17). The zero-order valence-electron chi connectivity index (χ0n) is 9.18. The summed E-state index contributed by atoms with van der Waals surface area (Å²) in [6.45, 7) is 0.0668. The summed E-state index contributed by atoms with van der Waals surface area (Å²) in [6.07, 6.45) is -2.72. The molecule has 0 heterocycles. The molecule has 0 bridgehead atoms. The molecule has 4 nitrogen and oxygen atoms in total. The van der Waals surface area contributed by atoms with Crippen LogP contribution in [0, 0.1) is 23.2 Å². The molecule has 7 heteroatoms. The molecule has 1 amide bonds. The number of nitriles is 1. The van der Waals surface area contributed by atoms with Crippen molar-refractivity contribution in [1.82, 2.24) is 10.6 Å². The van der Waals surface area contributed by atoms with Gasteiger partial charge in [0, 0.05) is 25.6 Å². The van der Waals surface area contributed by atoms with Gasteiger partial charge in [-0.05, 0) is 12.8 Å². The maximum atomic E-state index is 12.1. The molecule has 1 unspecified atom stereocenters. The van der Waals surface area contributed by atoms with Gasteiger partial charge in [-0.2, -0.15) is 18.4 Å². The normalized spacial score (nSPS) is 17.3. The average Bonchev–Trinajstić information content (AvgIpc) is 3.04. The van der Waals surface area contributed by atoms with Crippen molar-refractivity contribution in [1.29, 1.82) is 5.26 Å². The fraction of sp³-hybridized carbons (Fsp3) is 0.800. The van der Waals surface area contributed by atoms with Crippen molar-refractivity contribution in [3.63, 3.8) is 0 Å². The summed E-state index contributed by atoms with van der Waals surface area (Å²) >= 11 is 0. The van der Waals surface area contributed by atoms with Crippen molar-refractivity contribution in [2.24, 2.45) is 11.8 Å². The molecule has 96 valence electrons. The van der Waals surface area contributed by atoms with Gasteiger partial charge in [-0.25, -0.2) is 0 Å². The Labute approximate surface area is 97.2 Å². The number of nitrogens with one attached hydrogen (secondary N) is 2. The van der Waals surface area contributed by atoms with Gasteiger partial charge in [-0.1, -0.05) is 0 Å². The fourth-order valence-corrected chi connectivity index (χ4v) is 1.24. The number of hydrogen-bond donors (Lipinski definition) is 2. The second-order valence-corrected chi connectivity index (χ2v) is 3.99. The number of halogens is 3. The highest BCUT2D eigenvalue weighted by molar-refractivity contribution is 5.80. The van der Waals surface area contributed by atoms with E-state index in [0.29, 0.717) is 0 Å². The molecule has 0 radical (unpaired) electrons. The van der Waals surface area contributed by atoms with E-state index in [4.69, 9.17) is 5.26 Å². The van der Waals surface area contributed by atoms with Crippen LogP contribution in [0.4, 0.5) is 13.2 Å². The Morgan fingerprint density at radius 3 is 2.53 bits per heavy atom. The highest BCUT2D eigenvalue weighted by Gasteiger charge is 2.39. The van der Waals surface area contributed by atoms with E-state index in [1.165, 1.54) is 6.07 Å². The van der Waals surface area contributed by atoms with Gasteiger partial charge >= 0.3 is 6.18 Å². The van der Waals surface area contributed by atoms with Crippen molar-refractivity contribution in [3.8, 4) is 6.07 Å². The van der Waals surface area contributed by atoms with Crippen molar-refractivity contribution in [2.75, 3.05) is 19.6 Å². The van der Waals surface area contributed by atoms with Crippen LogP contribution >= 0.6 is 0 Å². The molecule has 1 saturated carbocycles. The molecule has 0 spiro atoms. The number of nitrogens with zero attached hydrogens (tertiary/aromatic N) is 1. The SMILES string of the molecule is N#CC(CNCCNC(=O)C1CC1)C(F)(F)F. The zero-order chi connectivity index (χ0) is 12.9. The summed E-state index contributed by atoms with van der Waals surface area (Å²) in [7, 11) is 0. The van der Waals surface area contributed by atoms with E-state index in [2.05, 4.69) is 10.6 Å². The number of hydrogen-bond acceptors (Lipinski definition) is 3. The van der Waals surface area contributed by atoms with Gasteiger partial charge in [0.25, 0.3) is 0 Å². The van der Waals surface area contributed by atoms with Crippen molar-refractivity contribution >= 4 is 5.91 Å². The Bertz CT molecular complexity index is 307. The minimum absolute atomic E-state index is 0.0422. The lowest BCUT2D eigenvalue weighted by Crippen LogP contribution is -2.37. The maximum absolute atomic E-state index is 12.1. The summed E-state index contributed by atoms with van der Waals surface area (Å²) in [5.41, 5.74) is 0.